The summed E-state index contributed by atoms with van der Waals surface area (Å²) in [4.78, 5) is 29.3. The Morgan fingerprint density at radius 3 is 2.67 bits per heavy atom. The molecule has 0 aliphatic rings. The highest BCUT2D eigenvalue weighted by Crippen LogP contribution is 2.23. The first-order valence-corrected chi connectivity index (χ1v) is 9.84. The Bertz CT molecular complexity index is 888. The molecule has 0 fully saturated rings. The van der Waals surface area contributed by atoms with Crippen LogP contribution in [0.2, 0.25) is 0 Å². The van der Waals surface area contributed by atoms with E-state index in [2.05, 4.69) is 15.6 Å². The molecule has 0 aliphatic carbocycles. The highest BCUT2D eigenvalue weighted by atomic mass is 32.2. The minimum atomic E-state index is -0.251. The Morgan fingerprint density at radius 2 is 1.93 bits per heavy atom. The van der Waals surface area contributed by atoms with Crippen LogP contribution in [0.1, 0.15) is 29.4 Å². The van der Waals surface area contributed by atoms with E-state index in [9.17, 15) is 9.59 Å². The summed E-state index contributed by atoms with van der Waals surface area (Å²) in [6.45, 7) is 2.59. The first-order valence-electron chi connectivity index (χ1n) is 8.86. The average Bonchev–Trinajstić information content (AvgIpc) is 3.12. The number of thioether (sulfide) groups is 1. The number of benzene rings is 1. The Morgan fingerprint density at radius 1 is 1.11 bits per heavy atom. The van der Waals surface area contributed by atoms with Gasteiger partial charge in [-0.25, -0.2) is 4.98 Å². The minimum absolute atomic E-state index is 0.0107. The van der Waals surface area contributed by atoms with Crippen molar-refractivity contribution < 1.29 is 9.59 Å². The zero-order chi connectivity index (χ0) is 19.1. The highest BCUT2D eigenvalue weighted by molar-refractivity contribution is 7.98. The van der Waals surface area contributed by atoms with Crippen molar-refractivity contribution in [3.63, 3.8) is 0 Å². The van der Waals surface area contributed by atoms with Gasteiger partial charge in [-0.3, -0.25) is 9.59 Å². The molecule has 0 spiro atoms. The van der Waals surface area contributed by atoms with E-state index in [1.165, 1.54) is 0 Å². The SMILES string of the molecule is CCCNC(=O)CNC(=O)c1ccc(SCc2cn3ccccc3n2)cc1. The Kier molecular flexibility index (Phi) is 6.49. The van der Waals surface area contributed by atoms with Gasteiger partial charge in [0.1, 0.15) is 5.65 Å². The summed E-state index contributed by atoms with van der Waals surface area (Å²) in [5.74, 6) is 0.327. The fourth-order valence-electron chi connectivity index (χ4n) is 2.51. The van der Waals surface area contributed by atoms with E-state index >= 15 is 0 Å². The molecule has 2 N–H and O–H groups in total. The number of hydrogen-bond donors (Lipinski definition) is 2. The van der Waals surface area contributed by atoms with E-state index in [1.807, 2.05) is 54.0 Å². The van der Waals surface area contributed by atoms with Crippen molar-refractivity contribution in [1.82, 2.24) is 20.0 Å². The monoisotopic (exact) mass is 382 g/mol. The van der Waals surface area contributed by atoms with Crippen molar-refractivity contribution in [3.8, 4) is 0 Å². The lowest BCUT2D eigenvalue weighted by Crippen LogP contribution is -2.37. The van der Waals surface area contributed by atoms with Gasteiger partial charge in [0, 0.05) is 35.2 Å². The fraction of sp³-hybridized carbons (Fsp3) is 0.250. The predicted molar refractivity (Wildman–Crippen MR) is 107 cm³/mol. The molecule has 0 saturated carbocycles. The third-order valence-corrected chi connectivity index (χ3v) is 4.94. The molecule has 0 radical (unpaired) electrons. The normalized spacial score (nSPS) is 10.7. The van der Waals surface area contributed by atoms with Gasteiger partial charge in [-0.15, -0.1) is 11.8 Å². The lowest BCUT2D eigenvalue weighted by molar-refractivity contribution is -0.120. The van der Waals surface area contributed by atoms with Crippen LogP contribution < -0.4 is 10.6 Å². The van der Waals surface area contributed by atoms with Gasteiger partial charge < -0.3 is 15.0 Å². The van der Waals surface area contributed by atoms with Gasteiger partial charge in [0.25, 0.3) is 5.91 Å². The van der Waals surface area contributed by atoms with Crippen molar-refractivity contribution in [2.24, 2.45) is 0 Å². The van der Waals surface area contributed by atoms with Crippen LogP contribution in [-0.2, 0) is 10.5 Å². The molecular weight excluding hydrogens is 360 g/mol. The molecule has 0 saturated heterocycles. The van der Waals surface area contributed by atoms with Crippen LogP contribution in [0, 0.1) is 0 Å². The summed E-state index contributed by atoms with van der Waals surface area (Å²) >= 11 is 1.66. The van der Waals surface area contributed by atoms with E-state index in [-0.39, 0.29) is 18.4 Å². The lowest BCUT2D eigenvalue weighted by atomic mass is 10.2. The number of hydrogen-bond acceptors (Lipinski definition) is 4. The molecule has 3 aromatic rings. The van der Waals surface area contributed by atoms with Crippen molar-refractivity contribution in [3.05, 3.63) is 66.1 Å². The predicted octanol–water partition coefficient (Wildman–Crippen LogP) is 2.88. The Hall–Kier alpha value is -2.80. The Balaban J connectivity index is 1.50. The second-order valence-electron chi connectivity index (χ2n) is 6.04. The number of fused-ring (bicyclic) bond motifs is 1. The number of pyridine rings is 1. The maximum atomic E-state index is 12.1. The molecule has 0 atom stereocenters. The molecule has 140 valence electrons. The van der Waals surface area contributed by atoms with Crippen molar-refractivity contribution >= 4 is 29.2 Å². The number of carbonyl (C=O) groups is 2. The van der Waals surface area contributed by atoms with Gasteiger partial charge >= 0.3 is 0 Å². The second kappa shape index (κ2) is 9.23. The molecular formula is C20H22N4O2S. The summed E-state index contributed by atoms with van der Waals surface area (Å²) in [5, 5.41) is 5.35. The molecule has 2 heterocycles. The molecule has 7 heteroatoms. The second-order valence-corrected chi connectivity index (χ2v) is 7.09. The van der Waals surface area contributed by atoms with E-state index in [4.69, 9.17) is 0 Å². The average molecular weight is 382 g/mol. The minimum Gasteiger partial charge on any atom is -0.355 e. The summed E-state index contributed by atoms with van der Waals surface area (Å²) in [7, 11) is 0. The number of imidazole rings is 1. The molecule has 2 aromatic heterocycles. The molecule has 3 rings (SSSR count). The van der Waals surface area contributed by atoms with Gasteiger partial charge in [-0.1, -0.05) is 13.0 Å². The van der Waals surface area contributed by atoms with E-state index in [0.717, 1.165) is 28.4 Å². The first-order chi connectivity index (χ1) is 13.2. The van der Waals surface area contributed by atoms with Crippen LogP contribution in [0.4, 0.5) is 0 Å². The largest absolute Gasteiger partial charge is 0.355 e. The lowest BCUT2D eigenvalue weighted by Gasteiger charge is -2.06. The number of amides is 2. The van der Waals surface area contributed by atoms with Gasteiger partial charge in [0.05, 0.1) is 12.2 Å². The number of rotatable bonds is 8. The zero-order valence-electron chi connectivity index (χ0n) is 15.1. The van der Waals surface area contributed by atoms with Crippen molar-refractivity contribution in [2.75, 3.05) is 13.1 Å². The Labute approximate surface area is 162 Å². The topological polar surface area (TPSA) is 75.5 Å². The van der Waals surface area contributed by atoms with E-state index in [1.54, 1.807) is 23.9 Å². The third-order valence-electron chi connectivity index (χ3n) is 3.90. The molecule has 0 aliphatic heterocycles. The third kappa shape index (κ3) is 5.34. The van der Waals surface area contributed by atoms with Gasteiger partial charge in [0.2, 0.25) is 5.91 Å². The number of carbonyl (C=O) groups excluding carboxylic acids is 2. The quantitative estimate of drug-likeness (QED) is 0.588. The van der Waals surface area contributed by atoms with Gasteiger partial charge in [-0.05, 0) is 42.8 Å². The van der Waals surface area contributed by atoms with Crippen LogP contribution >= 0.6 is 11.8 Å². The van der Waals surface area contributed by atoms with Crippen molar-refractivity contribution in [1.29, 1.82) is 0 Å². The summed E-state index contributed by atoms with van der Waals surface area (Å²) in [5.41, 5.74) is 2.48. The molecule has 0 unspecified atom stereocenters. The first kappa shape index (κ1) is 19.0. The number of nitrogens with zero attached hydrogens (tertiary/aromatic N) is 2. The van der Waals surface area contributed by atoms with Crippen LogP contribution in [0.25, 0.3) is 5.65 Å². The van der Waals surface area contributed by atoms with Crippen LogP contribution in [0.15, 0.2) is 59.8 Å². The smallest absolute Gasteiger partial charge is 0.251 e. The standard InChI is InChI=1S/C20H22N4O2S/c1-2-10-21-19(25)12-22-20(26)15-6-8-17(9-7-15)27-14-16-13-24-11-4-3-5-18(24)23-16/h3-9,11,13H,2,10,12,14H2,1H3,(H,21,25)(H,22,26). The maximum absolute atomic E-state index is 12.1. The molecule has 2 amide bonds. The summed E-state index contributed by atoms with van der Waals surface area (Å²) < 4.78 is 2.00. The summed E-state index contributed by atoms with van der Waals surface area (Å²) in [6, 6.07) is 13.3. The highest BCUT2D eigenvalue weighted by Gasteiger charge is 2.08. The van der Waals surface area contributed by atoms with Crippen LogP contribution in [-0.4, -0.2) is 34.3 Å². The molecule has 6 nitrogen and oxygen atoms in total. The maximum Gasteiger partial charge on any atom is 0.251 e. The number of aromatic nitrogens is 2. The van der Waals surface area contributed by atoms with Crippen LogP contribution in [0.3, 0.4) is 0 Å². The molecule has 27 heavy (non-hydrogen) atoms. The summed E-state index contributed by atoms with van der Waals surface area (Å²) in [6.07, 6.45) is 4.87. The van der Waals surface area contributed by atoms with Gasteiger partial charge in [0.15, 0.2) is 0 Å². The van der Waals surface area contributed by atoms with Crippen LogP contribution in [0.5, 0.6) is 0 Å². The van der Waals surface area contributed by atoms with E-state index in [0.29, 0.717) is 12.1 Å². The zero-order valence-corrected chi connectivity index (χ0v) is 16.0. The van der Waals surface area contributed by atoms with E-state index < -0.39 is 0 Å². The molecule has 1 aromatic carbocycles. The van der Waals surface area contributed by atoms with Crippen molar-refractivity contribution in [2.45, 2.75) is 24.0 Å². The van der Waals surface area contributed by atoms with Gasteiger partial charge in [-0.2, -0.15) is 0 Å². The fourth-order valence-corrected chi connectivity index (χ4v) is 3.29. The molecule has 0 bridgehead atoms. The number of nitrogens with one attached hydrogen (secondary N) is 2.